The number of hydrazone groups is 1. The van der Waals surface area contributed by atoms with Crippen LogP contribution in [0.25, 0.3) is 0 Å². The summed E-state index contributed by atoms with van der Waals surface area (Å²) in [6, 6.07) is 4.76. The lowest BCUT2D eigenvalue weighted by Crippen LogP contribution is -2.36. The number of nitriles is 1. The summed E-state index contributed by atoms with van der Waals surface area (Å²) in [5, 5.41) is 14.5. The van der Waals surface area contributed by atoms with Gasteiger partial charge in [0.15, 0.2) is 11.6 Å². The molecule has 0 atom stereocenters. The Balaban J connectivity index is 2.25. The largest absolute Gasteiger partial charge is 0.453 e. The number of imide groups is 1. The molecule has 1 aromatic heterocycles. The molecule has 0 aliphatic heterocycles. The first-order valence-electron chi connectivity index (χ1n) is 9.37. The Hall–Kier alpha value is -3.62. The topological polar surface area (TPSA) is 135 Å². The van der Waals surface area contributed by atoms with Crippen molar-refractivity contribution in [3.8, 4) is 17.6 Å². The minimum Gasteiger partial charge on any atom is -0.453 e. The number of pyridine rings is 1. The summed E-state index contributed by atoms with van der Waals surface area (Å²) in [5.74, 6) is -2.12. The van der Waals surface area contributed by atoms with Crippen molar-refractivity contribution in [1.29, 1.82) is 5.26 Å². The molecule has 0 bridgehead atoms. The SMILES string of the molecule is CCOC(=O)NC(=O)C(C#N)=NNc1cc(Cl)c(Oc2cc(F)c(=O)n(C(C)C)c2)c(Cl)c1. The fourth-order valence-electron chi connectivity index (χ4n) is 2.39. The van der Waals surface area contributed by atoms with Gasteiger partial charge in [-0.25, -0.2) is 9.18 Å². The van der Waals surface area contributed by atoms with Gasteiger partial charge in [0.05, 0.1) is 28.5 Å². The zero-order valence-corrected chi connectivity index (χ0v) is 19.1. The normalized spacial score (nSPS) is 11.0. The highest BCUT2D eigenvalue weighted by Gasteiger charge is 2.17. The molecule has 0 fully saturated rings. The predicted octanol–water partition coefficient (Wildman–Crippen LogP) is 4.23. The van der Waals surface area contributed by atoms with E-state index in [2.05, 4.69) is 15.3 Å². The first-order chi connectivity index (χ1) is 15.6. The zero-order valence-electron chi connectivity index (χ0n) is 17.6. The van der Waals surface area contributed by atoms with Gasteiger partial charge in [-0.15, -0.1) is 0 Å². The van der Waals surface area contributed by atoms with Gasteiger partial charge in [-0.1, -0.05) is 23.2 Å². The quantitative estimate of drug-likeness (QED) is 0.431. The minimum atomic E-state index is -1.08. The zero-order chi connectivity index (χ0) is 24.7. The Bertz CT molecular complexity index is 1180. The van der Waals surface area contributed by atoms with Gasteiger partial charge in [-0.05, 0) is 32.9 Å². The van der Waals surface area contributed by atoms with E-state index < -0.39 is 29.1 Å². The molecule has 2 aromatic rings. The monoisotopic (exact) mass is 497 g/mol. The number of carbonyl (C=O) groups excluding carboxylic acids is 2. The Morgan fingerprint density at radius 2 is 1.91 bits per heavy atom. The lowest BCUT2D eigenvalue weighted by Gasteiger charge is -2.15. The smallest absolute Gasteiger partial charge is 0.414 e. The third-order valence-corrected chi connectivity index (χ3v) is 4.42. The molecule has 0 saturated heterocycles. The van der Waals surface area contributed by atoms with Gasteiger partial charge in [-0.2, -0.15) is 10.4 Å². The Labute approximate surface area is 197 Å². The maximum absolute atomic E-state index is 14.0. The molecule has 0 aliphatic rings. The van der Waals surface area contributed by atoms with E-state index in [4.69, 9.17) is 33.2 Å². The number of benzene rings is 1. The van der Waals surface area contributed by atoms with E-state index >= 15 is 0 Å². The molecule has 2 amide bonds. The fourth-order valence-corrected chi connectivity index (χ4v) is 2.95. The van der Waals surface area contributed by atoms with Crippen LogP contribution in [0.3, 0.4) is 0 Å². The summed E-state index contributed by atoms with van der Waals surface area (Å²) in [6.07, 6.45) is 0.291. The maximum Gasteiger partial charge on any atom is 0.414 e. The average Bonchev–Trinajstić information content (AvgIpc) is 2.73. The summed E-state index contributed by atoms with van der Waals surface area (Å²) in [7, 11) is 0. The van der Waals surface area contributed by atoms with E-state index in [1.54, 1.807) is 20.8 Å². The third-order valence-electron chi connectivity index (χ3n) is 3.86. The number of ether oxygens (including phenoxy) is 2. The molecule has 13 heteroatoms. The van der Waals surface area contributed by atoms with Gasteiger partial charge in [0, 0.05) is 12.1 Å². The van der Waals surface area contributed by atoms with Crippen LogP contribution in [0.5, 0.6) is 11.5 Å². The number of rotatable bonds is 7. The van der Waals surface area contributed by atoms with E-state index in [0.29, 0.717) is 0 Å². The third kappa shape index (κ3) is 6.68. The van der Waals surface area contributed by atoms with Crippen molar-refractivity contribution in [2.75, 3.05) is 12.0 Å². The molecule has 0 unspecified atom stereocenters. The van der Waals surface area contributed by atoms with Gasteiger partial charge in [-0.3, -0.25) is 20.3 Å². The molecule has 0 saturated carbocycles. The number of carbonyl (C=O) groups is 2. The first-order valence-corrected chi connectivity index (χ1v) is 10.1. The Kier molecular flexibility index (Phi) is 8.78. The highest BCUT2D eigenvalue weighted by atomic mass is 35.5. The number of nitrogens with one attached hydrogen (secondary N) is 2. The van der Waals surface area contributed by atoms with Crippen LogP contribution < -0.4 is 21.0 Å². The van der Waals surface area contributed by atoms with Gasteiger partial charge >= 0.3 is 6.09 Å². The lowest BCUT2D eigenvalue weighted by atomic mass is 10.3. The molecule has 10 nitrogen and oxygen atoms in total. The first kappa shape index (κ1) is 25.6. The molecule has 2 N–H and O–H groups in total. The summed E-state index contributed by atoms with van der Waals surface area (Å²) >= 11 is 12.4. The van der Waals surface area contributed by atoms with E-state index in [1.807, 2.05) is 5.32 Å². The Morgan fingerprint density at radius 1 is 1.27 bits per heavy atom. The van der Waals surface area contributed by atoms with Crippen LogP contribution in [0, 0.1) is 17.1 Å². The second-order valence-corrected chi connectivity index (χ2v) is 7.37. The summed E-state index contributed by atoms with van der Waals surface area (Å²) in [6.45, 7) is 4.98. The number of anilines is 1. The summed E-state index contributed by atoms with van der Waals surface area (Å²) < 4.78 is 25.3. The van der Waals surface area contributed by atoms with Crippen molar-refractivity contribution in [3.05, 3.63) is 50.6 Å². The van der Waals surface area contributed by atoms with Gasteiger partial charge in [0.2, 0.25) is 5.71 Å². The number of hydrogen-bond acceptors (Lipinski definition) is 8. The van der Waals surface area contributed by atoms with E-state index in [-0.39, 0.29) is 39.9 Å². The maximum atomic E-state index is 14.0. The molecule has 2 rings (SSSR count). The lowest BCUT2D eigenvalue weighted by molar-refractivity contribution is -0.114. The molecule has 1 heterocycles. The molecule has 0 radical (unpaired) electrons. The van der Waals surface area contributed by atoms with Crippen LogP contribution in [-0.2, 0) is 9.53 Å². The van der Waals surface area contributed by atoms with Crippen molar-refractivity contribution < 1.29 is 23.5 Å². The van der Waals surface area contributed by atoms with Gasteiger partial charge < -0.3 is 14.0 Å². The number of hydrogen-bond donors (Lipinski definition) is 2. The number of aromatic nitrogens is 1. The van der Waals surface area contributed by atoms with E-state index in [0.717, 1.165) is 10.6 Å². The van der Waals surface area contributed by atoms with Crippen LogP contribution in [0.2, 0.25) is 10.0 Å². The summed E-state index contributed by atoms with van der Waals surface area (Å²) in [5.41, 5.74) is 1.13. The molecule has 33 heavy (non-hydrogen) atoms. The molecule has 0 aliphatic carbocycles. The second kappa shape index (κ2) is 11.3. The number of nitrogens with zero attached hydrogens (tertiary/aromatic N) is 3. The molecule has 174 valence electrons. The van der Waals surface area contributed by atoms with Gasteiger partial charge in [0.1, 0.15) is 11.8 Å². The van der Waals surface area contributed by atoms with Crippen molar-refractivity contribution in [2.24, 2.45) is 5.10 Å². The van der Waals surface area contributed by atoms with E-state index in [1.165, 1.54) is 24.4 Å². The average molecular weight is 498 g/mol. The molecule has 1 aromatic carbocycles. The minimum absolute atomic E-state index is 0.00858. The van der Waals surface area contributed by atoms with Crippen molar-refractivity contribution in [1.82, 2.24) is 9.88 Å². The van der Waals surface area contributed by atoms with E-state index in [9.17, 15) is 18.8 Å². The highest BCUT2D eigenvalue weighted by molar-refractivity contribution is 6.47. The number of halogens is 3. The molecule has 0 spiro atoms. The number of amides is 2. The Morgan fingerprint density at radius 3 is 2.45 bits per heavy atom. The van der Waals surface area contributed by atoms with Crippen molar-refractivity contribution >= 4 is 46.6 Å². The summed E-state index contributed by atoms with van der Waals surface area (Å²) in [4.78, 5) is 35.0. The number of alkyl carbamates (subject to hydrolysis) is 1. The van der Waals surface area contributed by atoms with Crippen LogP contribution in [0.1, 0.15) is 26.8 Å². The van der Waals surface area contributed by atoms with Crippen LogP contribution in [-0.4, -0.2) is 28.9 Å². The standard InChI is InChI=1S/C20H18Cl2FN5O5/c1-4-32-20(31)25-18(29)16(8-24)27-26-11-5-13(21)17(14(22)6-11)33-12-7-15(23)19(30)28(9-12)10(2)3/h5-7,9-10,26H,4H2,1-3H3,(H,25,29,31). The fraction of sp³-hybridized carbons (Fsp3) is 0.250. The predicted molar refractivity (Wildman–Crippen MR) is 119 cm³/mol. The second-order valence-electron chi connectivity index (χ2n) is 6.56. The van der Waals surface area contributed by atoms with Crippen LogP contribution >= 0.6 is 23.2 Å². The van der Waals surface area contributed by atoms with Crippen LogP contribution in [0.4, 0.5) is 14.9 Å². The highest BCUT2D eigenvalue weighted by Crippen LogP contribution is 2.39. The molecular weight excluding hydrogens is 480 g/mol. The van der Waals surface area contributed by atoms with Crippen molar-refractivity contribution in [2.45, 2.75) is 26.8 Å². The van der Waals surface area contributed by atoms with Gasteiger partial charge in [0.25, 0.3) is 11.5 Å². The van der Waals surface area contributed by atoms with Crippen LogP contribution in [0.15, 0.2) is 34.3 Å². The van der Waals surface area contributed by atoms with Crippen molar-refractivity contribution in [3.63, 3.8) is 0 Å². The molecular formula is C20H18Cl2FN5O5.